The highest BCUT2D eigenvalue weighted by molar-refractivity contribution is 6.33. The number of piperidine rings is 1. The number of hydrogen-bond donors (Lipinski definition) is 0. The van der Waals surface area contributed by atoms with E-state index in [4.69, 9.17) is 16.0 Å². The Morgan fingerprint density at radius 2 is 2.00 bits per heavy atom. The summed E-state index contributed by atoms with van der Waals surface area (Å²) in [6.07, 6.45) is 8.37. The zero-order chi connectivity index (χ0) is 20.9. The first kappa shape index (κ1) is 21.3. The van der Waals surface area contributed by atoms with Gasteiger partial charge in [-0.15, -0.1) is 10.2 Å². The Morgan fingerprint density at radius 3 is 2.83 bits per heavy atom. The van der Waals surface area contributed by atoms with E-state index in [2.05, 4.69) is 26.9 Å². The summed E-state index contributed by atoms with van der Waals surface area (Å²) in [7, 11) is 0. The highest BCUT2D eigenvalue weighted by atomic mass is 35.5. The van der Waals surface area contributed by atoms with Gasteiger partial charge in [0.1, 0.15) is 0 Å². The molecule has 2 aliphatic rings. The van der Waals surface area contributed by atoms with Gasteiger partial charge in [-0.2, -0.15) is 0 Å². The molecule has 1 aromatic heterocycles. The van der Waals surface area contributed by atoms with Crippen molar-refractivity contribution in [3.8, 4) is 11.5 Å². The summed E-state index contributed by atoms with van der Waals surface area (Å²) in [6.45, 7) is 4.72. The maximum absolute atomic E-state index is 13.2. The van der Waals surface area contributed by atoms with E-state index >= 15 is 0 Å². The maximum atomic E-state index is 13.2. The lowest BCUT2D eigenvalue weighted by molar-refractivity contribution is -0.139. The number of halogens is 1. The first-order chi connectivity index (χ1) is 14.7. The van der Waals surface area contributed by atoms with Crippen LogP contribution >= 0.6 is 11.6 Å². The molecular weight excluding hydrogens is 400 g/mol. The number of rotatable bonds is 7. The zero-order valence-electron chi connectivity index (χ0n) is 17.7. The van der Waals surface area contributed by atoms with Gasteiger partial charge in [0.25, 0.3) is 0 Å². The van der Waals surface area contributed by atoms with Crippen LogP contribution in [0.3, 0.4) is 0 Å². The van der Waals surface area contributed by atoms with Gasteiger partial charge in [0, 0.05) is 12.6 Å². The molecule has 1 amide bonds. The van der Waals surface area contributed by atoms with Crippen LogP contribution in [0.2, 0.25) is 5.02 Å². The van der Waals surface area contributed by atoms with Crippen molar-refractivity contribution in [1.29, 1.82) is 0 Å². The molecule has 2 unspecified atom stereocenters. The van der Waals surface area contributed by atoms with Crippen molar-refractivity contribution in [3.63, 3.8) is 0 Å². The van der Waals surface area contributed by atoms with Crippen LogP contribution in [-0.2, 0) is 11.3 Å². The van der Waals surface area contributed by atoms with Crippen LogP contribution in [0.15, 0.2) is 28.7 Å². The molecule has 2 aromatic rings. The maximum Gasteiger partial charge on any atom is 0.249 e. The van der Waals surface area contributed by atoms with Crippen LogP contribution < -0.4 is 0 Å². The molecule has 4 rings (SSSR count). The predicted molar refractivity (Wildman–Crippen MR) is 117 cm³/mol. The van der Waals surface area contributed by atoms with Gasteiger partial charge in [-0.1, -0.05) is 43.5 Å². The Kier molecular flexibility index (Phi) is 7.05. The van der Waals surface area contributed by atoms with Crippen LogP contribution in [0.4, 0.5) is 0 Å². The average Bonchev–Trinajstić information content (AvgIpc) is 3.22. The number of fused-ring (bicyclic) bond motifs is 1. The van der Waals surface area contributed by atoms with Crippen LogP contribution in [0.5, 0.6) is 0 Å². The first-order valence-electron chi connectivity index (χ1n) is 11.2. The van der Waals surface area contributed by atoms with Gasteiger partial charge < -0.3 is 9.32 Å². The lowest BCUT2D eigenvalue weighted by Crippen LogP contribution is -2.52. The van der Waals surface area contributed by atoms with Gasteiger partial charge >= 0.3 is 0 Å². The molecule has 30 heavy (non-hydrogen) atoms. The molecule has 1 saturated carbocycles. The Labute approximate surface area is 183 Å². The highest BCUT2D eigenvalue weighted by Crippen LogP contribution is 2.35. The lowest BCUT2D eigenvalue weighted by Gasteiger charge is -2.44. The molecule has 162 valence electrons. The van der Waals surface area contributed by atoms with E-state index in [1.165, 1.54) is 25.7 Å². The van der Waals surface area contributed by atoms with Gasteiger partial charge in [-0.05, 0) is 56.7 Å². The number of likely N-dealkylation sites (tertiary alicyclic amines) is 1. The van der Waals surface area contributed by atoms with Gasteiger partial charge in [0.15, 0.2) is 0 Å². The minimum atomic E-state index is 0.242. The van der Waals surface area contributed by atoms with E-state index < -0.39 is 0 Å². The predicted octanol–water partition coefficient (Wildman–Crippen LogP) is 4.78. The zero-order valence-corrected chi connectivity index (χ0v) is 18.5. The van der Waals surface area contributed by atoms with E-state index in [1.807, 2.05) is 18.2 Å². The second kappa shape index (κ2) is 9.92. The van der Waals surface area contributed by atoms with Crippen LogP contribution in [0.25, 0.3) is 11.5 Å². The van der Waals surface area contributed by atoms with Crippen molar-refractivity contribution in [2.24, 2.45) is 5.92 Å². The number of aromatic nitrogens is 2. The topological polar surface area (TPSA) is 62.5 Å². The van der Waals surface area contributed by atoms with Crippen molar-refractivity contribution in [2.45, 2.75) is 64.5 Å². The molecule has 1 aliphatic heterocycles. The summed E-state index contributed by atoms with van der Waals surface area (Å²) in [5.41, 5.74) is 0.729. The molecule has 1 aromatic carbocycles. The van der Waals surface area contributed by atoms with Gasteiger partial charge in [-0.25, -0.2) is 0 Å². The smallest absolute Gasteiger partial charge is 0.249 e. The monoisotopic (exact) mass is 430 g/mol. The molecule has 2 heterocycles. The molecule has 1 aliphatic carbocycles. The van der Waals surface area contributed by atoms with Gasteiger partial charge in [0.2, 0.25) is 17.7 Å². The van der Waals surface area contributed by atoms with Gasteiger partial charge in [0.05, 0.1) is 23.7 Å². The van der Waals surface area contributed by atoms with E-state index in [-0.39, 0.29) is 5.91 Å². The third kappa shape index (κ3) is 4.86. The normalized spacial score (nSPS) is 21.6. The van der Waals surface area contributed by atoms with Crippen molar-refractivity contribution in [3.05, 3.63) is 35.2 Å². The molecule has 2 atom stereocenters. The number of carbonyl (C=O) groups excluding carboxylic acids is 1. The first-order valence-corrected chi connectivity index (χ1v) is 11.6. The molecule has 0 N–H and O–H groups in total. The average molecular weight is 431 g/mol. The van der Waals surface area contributed by atoms with E-state index in [0.717, 1.165) is 37.9 Å². The largest absolute Gasteiger partial charge is 0.419 e. The van der Waals surface area contributed by atoms with Crippen LogP contribution in [-0.4, -0.2) is 51.6 Å². The molecule has 0 bridgehead atoms. The fourth-order valence-corrected chi connectivity index (χ4v) is 5.22. The van der Waals surface area contributed by atoms with Crippen molar-refractivity contribution in [2.75, 3.05) is 19.6 Å². The summed E-state index contributed by atoms with van der Waals surface area (Å²) in [4.78, 5) is 17.5. The fraction of sp³-hybridized carbons (Fsp3) is 0.609. The third-order valence-corrected chi connectivity index (χ3v) is 6.72. The second-order valence-electron chi connectivity index (χ2n) is 8.53. The van der Waals surface area contributed by atoms with Crippen LogP contribution in [0, 0.1) is 5.92 Å². The lowest BCUT2D eigenvalue weighted by atomic mass is 9.78. The summed E-state index contributed by atoms with van der Waals surface area (Å²) >= 11 is 6.25. The molecule has 6 nitrogen and oxygen atoms in total. The number of amides is 1. The number of carbonyl (C=O) groups is 1. The molecule has 2 fully saturated rings. The van der Waals surface area contributed by atoms with Gasteiger partial charge in [-0.3, -0.25) is 9.69 Å². The summed E-state index contributed by atoms with van der Waals surface area (Å²) < 4.78 is 5.87. The number of benzene rings is 1. The van der Waals surface area contributed by atoms with E-state index in [0.29, 0.717) is 41.9 Å². The van der Waals surface area contributed by atoms with Crippen LogP contribution in [0.1, 0.15) is 57.8 Å². The van der Waals surface area contributed by atoms with E-state index in [1.54, 1.807) is 6.07 Å². The molecular formula is C23H31ClN4O2. The molecule has 0 radical (unpaired) electrons. The number of nitrogens with zero attached hydrogens (tertiary/aromatic N) is 4. The standard InChI is InChI=1S/C23H31ClN4O2/c1-2-13-27(15-21-25-26-23(30-21)18-10-4-5-11-19(18)24)16-22(29)28-14-7-9-17-8-3-6-12-20(17)28/h4-5,10-11,17,20H,2-3,6-9,12-16H2,1H3. The molecule has 1 saturated heterocycles. The molecule has 0 spiro atoms. The highest BCUT2D eigenvalue weighted by Gasteiger charge is 2.36. The Hall–Kier alpha value is -1.92. The summed E-state index contributed by atoms with van der Waals surface area (Å²) in [5.74, 6) is 1.87. The van der Waals surface area contributed by atoms with Crippen molar-refractivity contribution in [1.82, 2.24) is 20.0 Å². The SMILES string of the molecule is CCCN(CC(=O)N1CCCC2CCCCC21)Cc1nnc(-c2ccccc2Cl)o1. The summed E-state index contributed by atoms with van der Waals surface area (Å²) in [5, 5.41) is 8.94. The minimum Gasteiger partial charge on any atom is -0.419 e. The fourth-order valence-electron chi connectivity index (χ4n) is 5.00. The third-order valence-electron chi connectivity index (χ3n) is 6.39. The Balaban J connectivity index is 1.42. The molecule has 7 heteroatoms. The summed E-state index contributed by atoms with van der Waals surface area (Å²) in [6, 6.07) is 7.88. The van der Waals surface area contributed by atoms with E-state index in [9.17, 15) is 4.79 Å². The Bertz CT molecular complexity index is 853. The Morgan fingerprint density at radius 1 is 1.20 bits per heavy atom. The quantitative estimate of drug-likeness (QED) is 0.632. The minimum absolute atomic E-state index is 0.242. The van der Waals surface area contributed by atoms with Crippen molar-refractivity contribution < 1.29 is 9.21 Å². The second-order valence-corrected chi connectivity index (χ2v) is 8.94. The van der Waals surface area contributed by atoms with Crippen molar-refractivity contribution >= 4 is 17.5 Å². The number of hydrogen-bond acceptors (Lipinski definition) is 5.